The molecule has 5 rings (SSSR count). The van der Waals surface area contributed by atoms with Crippen molar-refractivity contribution < 1.29 is 9.53 Å². The van der Waals surface area contributed by atoms with E-state index in [4.69, 9.17) is 9.84 Å². The summed E-state index contributed by atoms with van der Waals surface area (Å²) in [5, 5.41) is 5.73. The van der Waals surface area contributed by atoms with Gasteiger partial charge in [0.25, 0.3) is 5.91 Å². The van der Waals surface area contributed by atoms with Crippen LogP contribution in [0.1, 0.15) is 45.1 Å². The van der Waals surface area contributed by atoms with Gasteiger partial charge in [0.15, 0.2) is 5.17 Å². The summed E-state index contributed by atoms with van der Waals surface area (Å²) in [5.41, 5.74) is 3.64. The molecule has 0 N–H and O–H groups in total. The van der Waals surface area contributed by atoms with Crippen LogP contribution in [0.4, 0.5) is 0 Å². The highest BCUT2D eigenvalue weighted by molar-refractivity contribution is 8.18. The summed E-state index contributed by atoms with van der Waals surface area (Å²) < 4.78 is 7.76. The maximum Gasteiger partial charge on any atom is 0.286 e. The summed E-state index contributed by atoms with van der Waals surface area (Å²) in [6, 6.07) is 18.1. The number of carbonyl (C=O) groups is 1. The van der Waals surface area contributed by atoms with Crippen LogP contribution >= 0.6 is 11.8 Å². The van der Waals surface area contributed by atoms with Crippen LogP contribution in [0.3, 0.4) is 0 Å². The van der Waals surface area contributed by atoms with E-state index in [2.05, 4.69) is 23.7 Å². The molecule has 1 aromatic heterocycles. The molecule has 0 radical (unpaired) electrons. The molecular weight excluding hydrogens is 468 g/mol. The highest BCUT2D eigenvalue weighted by Crippen LogP contribution is 2.34. The van der Waals surface area contributed by atoms with E-state index >= 15 is 0 Å². The average Bonchev–Trinajstić information content (AvgIpc) is 3.49. The Morgan fingerprint density at radius 3 is 2.50 bits per heavy atom. The van der Waals surface area contributed by atoms with E-state index in [1.807, 2.05) is 71.6 Å². The number of carbonyl (C=O) groups excluding carboxylic acids is 1. The van der Waals surface area contributed by atoms with Crippen LogP contribution in [0.15, 0.2) is 70.7 Å². The number of amidine groups is 1. The molecule has 2 aromatic carbocycles. The highest BCUT2D eigenvalue weighted by Gasteiger charge is 2.27. The zero-order valence-corrected chi connectivity index (χ0v) is 21.7. The molecule has 3 aromatic rings. The standard InChI is InChI=1S/C29H32N4O2S/c1-21(2)15-18-35-25-13-11-22(12-14-25)27-23(20-33(31-27)24-9-5-3-6-10-24)19-26-28(34)30-29(36-26)32-16-7-4-8-17-32/h3,5-6,9-14,19-21H,4,7-8,15-18H2,1-2H3. The Morgan fingerprint density at radius 2 is 1.78 bits per heavy atom. The van der Waals surface area contributed by atoms with E-state index in [0.29, 0.717) is 17.4 Å². The smallest absolute Gasteiger partial charge is 0.286 e. The molecule has 0 aliphatic carbocycles. The third-order valence-electron chi connectivity index (χ3n) is 6.38. The maximum absolute atomic E-state index is 12.8. The number of para-hydroxylation sites is 1. The molecule has 0 saturated carbocycles. The molecule has 6 nitrogen and oxygen atoms in total. The zero-order chi connectivity index (χ0) is 24.9. The van der Waals surface area contributed by atoms with E-state index in [1.165, 1.54) is 18.2 Å². The number of hydrogen-bond donors (Lipinski definition) is 0. The van der Waals surface area contributed by atoms with Crippen LogP contribution in [0.2, 0.25) is 0 Å². The monoisotopic (exact) mass is 500 g/mol. The molecule has 3 heterocycles. The number of nitrogens with zero attached hydrogens (tertiary/aromatic N) is 4. The van der Waals surface area contributed by atoms with E-state index in [0.717, 1.165) is 65.8 Å². The van der Waals surface area contributed by atoms with Gasteiger partial charge in [-0.3, -0.25) is 4.79 Å². The number of likely N-dealkylation sites (tertiary alicyclic amines) is 1. The molecule has 0 atom stereocenters. The number of aromatic nitrogens is 2. The summed E-state index contributed by atoms with van der Waals surface area (Å²) in [6.45, 7) is 7.03. The van der Waals surface area contributed by atoms with Crippen molar-refractivity contribution in [2.24, 2.45) is 10.9 Å². The van der Waals surface area contributed by atoms with E-state index < -0.39 is 0 Å². The first-order chi connectivity index (χ1) is 17.6. The van der Waals surface area contributed by atoms with Crippen molar-refractivity contribution in [3.8, 4) is 22.7 Å². The van der Waals surface area contributed by atoms with Gasteiger partial charge in [-0.05, 0) is 85.8 Å². The third-order valence-corrected chi connectivity index (χ3v) is 7.42. The average molecular weight is 501 g/mol. The summed E-state index contributed by atoms with van der Waals surface area (Å²) >= 11 is 1.47. The van der Waals surface area contributed by atoms with Crippen LogP contribution in [0.25, 0.3) is 23.0 Å². The first-order valence-corrected chi connectivity index (χ1v) is 13.5. The molecule has 1 amide bonds. The topological polar surface area (TPSA) is 59.7 Å². The van der Waals surface area contributed by atoms with Gasteiger partial charge in [-0.2, -0.15) is 10.1 Å². The van der Waals surface area contributed by atoms with Gasteiger partial charge in [0.2, 0.25) is 0 Å². The molecule has 0 bridgehead atoms. The van der Waals surface area contributed by atoms with E-state index in [-0.39, 0.29) is 5.91 Å². The molecule has 186 valence electrons. The molecule has 7 heteroatoms. The van der Waals surface area contributed by atoms with Crippen molar-refractivity contribution in [3.05, 3.63) is 71.3 Å². The number of thioether (sulfide) groups is 1. The van der Waals surface area contributed by atoms with Crippen LogP contribution in [-0.4, -0.2) is 45.5 Å². The van der Waals surface area contributed by atoms with Crippen molar-refractivity contribution in [2.75, 3.05) is 19.7 Å². The van der Waals surface area contributed by atoms with Crippen LogP contribution in [-0.2, 0) is 4.79 Å². The number of ether oxygens (including phenoxy) is 1. The first-order valence-electron chi connectivity index (χ1n) is 12.7. The van der Waals surface area contributed by atoms with Crippen molar-refractivity contribution in [1.82, 2.24) is 14.7 Å². The fourth-order valence-electron chi connectivity index (χ4n) is 4.31. The SMILES string of the molecule is CC(C)CCOc1ccc(-c2nn(-c3ccccc3)cc2C=C2SC(N3CCCCC3)=NC2=O)cc1. The molecule has 2 aliphatic heterocycles. The third kappa shape index (κ3) is 5.73. The van der Waals surface area contributed by atoms with E-state index in [1.54, 1.807) is 0 Å². The Balaban J connectivity index is 1.43. The second-order valence-electron chi connectivity index (χ2n) is 9.63. The molecule has 0 spiro atoms. The minimum atomic E-state index is -0.173. The first kappa shape index (κ1) is 24.4. The normalized spacial score (nSPS) is 17.2. The number of rotatable bonds is 7. The maximum atomic E-state index is 12.8. The van der Waals surface area contributed by atoms with Gasteiger partial charge in [0.05, 0.1) is 22.9 Å². The Labute approximate surface area is 217 Å². The Bertz CT molecular complexity index is 1260. The molecule has 2 aliphatic rings. The predicted octanol–water partition coefficient (Wildman–Crippen LogP) is 6.42. The lowest BCUT2D eigenvalue weighted by atomic mass is 10.1. The van der Waals surface area contributed by atoms with Gasteiger partial charge in [0.1, 0.15) is 5.75 Å². The van der Waals surface area contributed by atoms with Crippen molar-refractivity contribution >= 4 is 28.9 Å². The Morgan fingerprint density at radius 1 is 1.03 bits per heavy atom. The fraction of sp³-hybridized carbons (Fsp3) is 0.345. The summed E-state index contributed by atoms with van der Waals surface area (Å²) in [4.78, 5) is 20.0. The lowest BCUT2D eigenvalue weighted by Gasteiger charge is -2.27. The molecule has 0 unspecified atom stereocenters. The minimum absolute atomic E-state index is 0.173. The molecular formula is C29H32N4O2S. The number of benzene rings is 2. The van der Waals surface area contributed by atoms with Crippen molar-refractivity contribution in [3.63, 3.8) is 0 Å². The quantitative estimate of drug-likeness (QED) is 0.350. The summed E-state index contributed by atoms with van der Waals surface area (Å²) in [6.07, 6.45) is 8.48. The minimum Gasteiger partial charge on any atom is -0.494 e. The highest BCUT2D eigenvalue weighted by atomic mass is 32.2. The van der Waals surface area contributed by atoms with Gasteiger partial charge in [-0.1, -0.05) is 32.0 Å². The van der Waals surface area contributed by atoms with Crippen LogP contribution in [0.5, 0.6) is 5.75 Å². The van der Waals surface area contributed by atoms with Gasteiger partial charge < -0.3 is 9.64 Å². The Hall–Kier alpha value is -3.32. The lowest BCUT2D eigenvalue weighted by Crippen LogP contribution is -2.33. The lowest BCUT2D eigenvalue weighted by molar-refractivity contribution is -0.113. The number of aliphatic imine (C=N–C) groups is 1. The molecule has 36 heavy (non-hydrogen) atoms. The largest absolute Gasteiger partial charge is 0.494 e. The van der Waals surface area contributed by atoms with Gasteiger partial charge in [-0.15, -0.1) is 0 Å². The second kappa shape index (κ2) is 11.2. The molecule has 1 saturated heterocycles. The second-order valence-corrected chi connectivity index (χ2v) is 10.6. The van der Waals surface area contributed by atoms with E-state index in [9.17, 15) is 4.79 Å². The zero-order valence-electron chi connectivity index (χ0n) is 20.9. The van der Waals surface area contributed by atoms with Crippen LogP contribution < -0.4 is 4.74 Å². The van der Waals surface area contributed by atoms with Gasteiger partial charge in [0, 0.05) is 30.4 Å². The summed E-state index contributed by atoms with van der Waals surface area (Å²) in [5.74, 6) is 1.29. The fourth-order valence-corrected chi connectivity index (χ4v) is 5.27. The van der Waals surface area contributed by atoms with Gasteiger partial charge in [-0.25, -0.2) is 4.68 Å². The number of piperidine rings is 1. The number of amides is 1. The number of hydrogen-bond acceptors (Lipinski definition) is 5. The van der Waals surface area contributed by atoms with Gasteiger partial charge >= 0.3 is 0 Å². The molecule has 1 fully saturated rings. The van der Waals surface area contributed by atoms with Crippen molar-refractivity contribution in [1.29, 1.82) is 0 Å². The summed E-state index contributed by atoms with van der Waals surface area (Å²) in [7, 11) is 0. The van der Waals surface area contributed by atoms with Crippen molar-refractivity contribution in [2.45, 2.75) is 39.5 Å². The predicted molar refractivity (Wildman–Crippen MR) is 147 cm³/mol. The van der Waals surface area contributed by atoms with Crippen LogP contribution in [0, 0.1) is 5.92 Å². The Kier molecular flexibility index (Phi) is 7.56.